The molecular formula is C19H21N5O4S2. The molecule has 2 heterocycles. The molecule has 2 atom stereocenters. The number of hydrogen-bond donors (Lipinski definition) is 1. The van der Waals surface area contributed by atoms with E-state index in [2.05, 4.69) is 15.5 Å². The van der Waals surface area contributed by atoms with Crippen LogP contribution in [-0.2, 0) is 19.2 Å². The van der Waals surface area contributed by atoms with Crippen LogP contribution >= 0.6 is 23.1 Å². The first-order chi connectivity index (χ1) is 14.3. The van der Waals surface area contributed by atoms with Crippen molar-refractivity contribution in [3.8, 4) is 0 Å². The van der Waals surface area contributed by atoms with E-state index >= 15 is 0 Å². The minimum atomic E-state index is -0.914. The molecule has 9 nitrogen and oxygen atoms in total. The maximum absolute atomic E-state index is 12.6. The second kappa shape index (κ2) is 9.35. The van der Waals surface area contributed by atoms with Gasteiger partial charge in [-0.15, -0.1) is 10.2 Å². The minimum absolute atomic E-state index is 0.110. The number of ketones is 1. The van der Waals surface area contributed by atoms with Gasteiger partial charge in [-0.3, -0.25) is 19.2 Å². The lowest BCUT2D eigenvalue weighted by molar-refractivity contribution is -0.132. The van der Waals surface area contributed by atoms with Crippen LogP contribution in [0.15, 0.2) is 34.7 Å². The topological polar surface area (TPSA) is 113 Å². The van der Waals surface area contributed by atoms with Crippen molar-refractivity contribution in [3.05, 3.63) is 30.3 Å². The van der Waals surface area contributed by atoms with Gasteiger partial charge in [0.25, 0.3) is 0 Å². The van der Waals surface area contributed by atoms with Crippen molar-refractivity contribution >= 4 is 57.4 Å². The highest BCUT2D eigenvalue weighted by atomic mass is 32.2. The summed E-state index contributed by atoms with van der Waals surface area (Å²) in [5.41, 5.74) is 0.758. The van der Waals surface area contributed by atoms with E-state index in [0.29, 0.717) is 10.9 Å². The largest absolute Gasteiger partial charge is 0.347 e. The Bertz CT molecular complexity index is 963. The Morgan fingerprint density at radius 1 is 1.23 bits per heavy atom. The molecule has 0 saturated carbocycles. The van der Waals surface area contributed by atoms with Crippen molar-refractivity contribution in [1.82, 2.24) is 15.1 Å². The van der Waals surface area contributed by atoms with Crippen molar-refractivity contribution in [1.29, 1.82) is 0 Å². The average molecular weight is 448 g/mol. The summed E-state index contributed by atoms with van der Waals surface area (Å²) in [7, 11) is 3.15. The van der Waals surface area contributed by atoms with Crippen LogP contribution in [0.25, 0.3) is 0 Å². The zero-order valence-electron chi connectivity index (χ0n) is 16.7. The van der Waals surface area contributed by atoms with E-state index in [4.69, 9.17) is 0 Å². The lowest BCUT2D eigenvalue weighted by atomic mass is 10.1. The van der Waals surface area contributed by atoms with Gasteiger partial charge in [0.15, 0.2) is 10.1 Å². The minimum Gasteiger partial charge on any atom is -0.347 e. The summed E-state index contributed by atoms with van der Waals surface area (Å²) in [6.45, 7) is 1.64. The van der Waals surface area contributed by atoms with Crippen molar-refractivity contribution < 1.29 is 19.2 Å². The highest BCUT2D eigenvalue weighted by Crippen LogP contribution is 2.31. The number of para-hydroxylation sites is 1. The molecule has 1 N–H and O–H groups in total. The number of thioether (sulfide) groups is 1. The second-order valence-electron chi connectivity index (χ2n) is 6.94. The number of nitrogens with one attached hydrogen (secondary N) is 1. The Kier molecular flexibility index (Phi) is 6.83. The quantitative estimate of drug-likeness (QED) is 0.390. The standard InChI is InChI=1S/C19H21N5O4S2/c1-11(25)15(17(28)23(2)3)29-19-22-21-18(30-19)20-16(27)12-9-14(26)24(10-12)13-7-5-4-6-8-13/h4-8,12,15H,9-10H2,1-3H3,(H,20,21,27)/t12-,15+/m0/s1. The van der Waals surface area contributed by atoms with E-state index in [1.54, 1.807) is 19.0 Å². The van der Waals surface area contributed by atoms with Crippen LogP contribution in [-0.4, -0.2) is 64.5 Å². The van der Waals surface area contributed by atoms with E-state index in [9.17, 15) is 19.2 Å². The van der Waals surface area contributed by atoms with Gasteiger partial charge in [-0.25, -0.2) is 0 Å². The smallest absolute Gasteiger partial charge is 0.243 e. The third-order valence-electron chi connectivity index (χ3n) is 4.45. The lowest BCUT2D eigenvalue weighted by Crippen LogP contribution is -2.35. The van der Waals surface area contributed by atoms with Crippen LogP contribution < -0.4 is 10.2 Å². The fraction of sp³-hybridized carbons (Fsp3) is 0.368. The predicted octanol–water partition coefficient (Wildman–Crippen LogP) is 1.67. The SMILES string of the molecule is CC(=O)[C@@H](Sc1nnc(NC(=O)[C@H]2CC(=O)N(c3ccccc3)C2)s1)C(=O)N(C)C. The zero-order valence-corrected chi connectivity index (χ0v) is 18.3. The van der Waals surface area contributed by atoms with E-state index < -0.39 is 11.2 Å². The highest BCUT2D eigenvalue weighted by Gasteiger charge is 2.35. The summed E-state index contributed by atoms with van der Waals surface area (Å²) in [5, 5.41) is 9.90. The summed E-state index contributed by atoms with van der Waals surface area (Å²) in [5.74, 6) is -1.55. The molecule has 0 spiro atoms. The number of nitrogens with zero attached hydrogens (tertiary/aromatic N) is 4. The lowest BCUT2D eigenvalue weighted by Gasteiger charge is -2.16. The second-order valence-corrected chi connectivity index (χ2v) is 9.27. The molecule has 1 fully saturated rings. The maximum atomic E-state index is 12.6. The average Bonchev–Trinajstić information content (AvgIpc) is 3.32. The molecule has 0 bridgehead atoms. The van der Waals surface area contributed by atoms with Crippen LogP contribution in [0.5, 0.6) is 0 Å². The molecule has 2 aromatic rings. The third-order valence-corrected chi connectivity index (χ3v) is 6.68. The summed E-state index contributed by atoms with van der Waals surface area (Å²) in [4.78, 5) is 51.8. The molecule has 30 heavy (non-hydrogen) atoms. The van der Waals surface area contributed by atoms with Gasteiger partial charge in [0.1, 0.15) is 5.25 Å². The first-order valence-corrected chi connectivity index (χ1v) is 10.8. The molecule has 3 rings (SSSR count). The van der Waals surface area contributed by atoms with Gasteiger partial charge in [-0.05, 0) is 19.1 Å². The number of amides is 3. The van der Waals surface area contributed by atoms with Gasteiger partial charge >= 0.3 is 0 Å². The summed E-state index contributed by atoms with van der Waals surface area (Å²) >= 11 is 2.08. The molecular weight excluding hydrogens is 426 g/mol. The normalized spacial score (nSPS) is 17.0. The number of carbonyl (C=O) groups excluding carboxylic acids is 4. The van der Waals surface area contributed by atoms with Crippen molar-refractivity contribution in [2.45, 2.75) is 22.9 Å². The molecule has 1 saturated heterocycles. The Balaban J connectivity index is 1.62. The fourth-order valence-electron chi connectivity index (χ4n) is 2.90. The van der Waals surface area contributed by atoms with Gasteiger partial charge in [-0.1, -0.05) is 41.3 Å². The highest BCUT2D eigenvalue weighted by molar-refractivity contribution is 8.03. The fourth-order valence-corrected chi connectivity index (χ4v) is 4.86. The Morgan fingerprint density at radius 2 is 1.93 bits per heavy atom. The Morgan fingerprint density at radius 3 is 2.57 bits per heavy atom. The van der Waals surface area contributed by atoms with Crippen molar-refractivity contribution in [2.24, 2.45) is 5.92 Å². The molecule has 0 radical (unpaired) electrons. The molecule has 1 aliphatic heterocycles. The molecule has 3 amide bonds. The number of anilines is 2. The van der Waals surface area contributed by atoms with Gasteiger partial charge < -0.3 is 15.1 Å². The van der Waals surface area contributed by atoms with E-state index in [1.807, 2.05) is 30.3 Å². The number of rotatable bonds is 7. The molecule has 0 unspecified atom stereocenters. The Hall–Kier alpha value is -2.79. The van der Waals surface area contributed by atoms with Crippen LogP contribution in [0.1, 0.15) is 13.3 Å². The molecule has 1 aromatic heterocycles. The number of Topliss-reactive ketones (excluding diaryl/α,β-unsaturated/α-hetero) is 1. The molecule has 1 aliphatic rings. The Labute approximate surface area is 181 Å². The van der Waals surface area contributed by atoms with E-state index in [0.717, 1.165) is 28.8 Å². The molecule has 158 valence electrons. The van der Waals surface area contributed by atoms with Crippen molar-refractivity contribution in [3.63, 3.8) is 0 Å². The van der Waals surface area contributed by atoms with Crippen molar-refractivity contribution in [2.75, 3.05) is 30.9 Å². The van der Waals surface area contributed by atoms with Crippen LogP contribution in [0.3, 0.4) is 0 Å². The van der Waals surface area contributed by atoms with Crippen LogP contribution in [0.2, 0.25) is 0 Å². The number of aromatic nitrogens is 2. The van der Waals surface area contributed by atoms with Gasteiger partial charge in [0.05, 0.1) is 5.92 Å². The molecule has 1 aromatic carbocycles. The van der Waals surface area contributed by atoms with E-state index in [-0.39, 0.29) is 35.1 Å². The molecule has 11 heteroatoms. The monoisotopic (exact) mass is 447 g/mol. The summed E-state index contributed by atoms with van der Waals surface area (Å²) in [6.07, 6.45) is 0.116. The predicted molar refractivity (Wildman–Crippen MR) is 114 cm³/mol. The van der Waals surface area contributed by atoms with Gasteiger partial charge in [0.2, 0.25) is 22.9 Å². The first-order valence-electron chi connectivity index (χ1n) is 9.14. The summed E-state index contributed by atoms with van der Waals surface area (Å²) < 4.78 is 0.397. The number of hydrogen-bond acceptors (Lipinski definition) is 8. The van der Waals surface area contributed by atoms with E-state index in [1.165, 1.54) is 11.8 Å². The van der Waals surface area contributed by atoms with Crippen LogP contribution in [0.4, 0.5) is 10.8 Å². The third kappa shape index (κ3) is 5.03. The number of benzene rings is 1. The van der Waals surface area contributed by atoms with Gasteiger partial charge in [-0.2, -0.15) is 0 Å². The maximum Gasteiger partial charge on any atom is 0.243 e. The van der Waals surface area contributed by atoms with Crippen LogP contribution in [0, 0.1) is 5.92 Å². The number of carbonyl (C=O) groups is 4. The summed E-state index contributed by atoms with van der Waals surface area (Å²) in [6, 6.07) is 9.19. The zero-order chi connectivity index (χ0) is 21.8. The first kappa shape index (κ1) is 21.9. The molecule has 0 aliphatic carbocycles. The van der Waals surface area contributed by atoms with Gasteiger partial charge in [0, 0.05) is 32.7 Å².